The van der Waals surface area contributed by atoms with Gasteiger partial charge in [0.2, 0.25) is 5.91 Å². The summed E-state index contributed by atoms with van der Waals surface area (Å²) in [5.74, 6) is 1.39. The van der Waals surface area contributed by atoms with E-state index in [1.165, 1.54) is 25.7 Å². The normalized spacial score (nSPS) is 20.7. The zero-order valence-corrected chi connectivity index (χ0v) is 18.6. The standard InChI is InChI=1S/C24H38N2O4/c1-3-4-5-6-7-10-23(27)25-20(17-26-13-8-9-18(26)2)24(28)19-11-12-21-22(16-19)30-15-14-29-21/h11-12,16,18,20,24,28H,3-10,13-15,17H2,1-2H3,(H,25,27). The van der Waals surface area contributed by atoms with Crippen LogP contribution in [0.4, 0.5) is 0 Å². The van der Waals surface area contributed by atoms with Crippen LogP contribution in [0.15, 0.2) is 18.2 Å². The summed E-state index contributed by atoms with van der Waals surface area (Å²) >= 11 is 0. The highest BCUT2D eigenvalue weighted by atomic mass is 16.6. The van der Waals surface area contributed by atoms with Crippen molar-refractivity contribution in [2.45, 2.75) is 83.4 Å². The third-order valence-corrected chi connectivity index (χ3v) is 6.26. The van der Waals surface area contributed by atoms with Gasteiger partial charge in [0.1, 0.15) is 19.3 Å². The van der Waals surface area contributed by atoms with Gasteiger partial charge in [0.05, 0.1) is 6.04 Å². The molecule has 6 heteroatoms. The van der Waals surface area contributed by atoms with E-state index in [0.717, 1.165) is 31.4 Å². The summed E-state index contributed by atoms with van der Waals surface area (Å²) in [6.45, 7) is 7.12. The fourth-order valence-corrected chi connectivity index (χ4v) is 4.39. The number of aliphatic hydroxyl groups is 1. The highest BCUT2D eigenvalue weighted by Crippen LogP contribution is 2.33. The topological polar surface area (TPSA) is 71.0 Å². The molecule has 2 N–H and O–H groups in total. The molecular formula is C24H38N2O4. The van der Waals surface area contributed by atoms with Crippen LogP contribution < -0.4 is 14.8 Å². The number of unbranched alkanes of at least 4 members (excludes halogenated alkanes) is 4. The van der Waals surface area contributed by atoms with Gasteiger partial charge in [0.25, 0.3) is 0 Å². The number of carbonyl (C=O) groups excluding carboxylic acids is 1. The highest BCUT2D eigenvalue weighted by Gasteiger charge is 2.30. The van der Waals surface area contributed by atoms with Crippen molar-refractivity contribution >= 4 is 5.91 Å². The lowest BCUT2D eigenvalue weighted by Crippen LogP contribution is -2.48. The molecule has 1 amide bonds. The van der Waals surface area contributed by atoms with E-state index < -0.39 is 6.10 Å². The monoisotopic (exact) mass is 418 g/mol. The van der Waals surface area contributed by atoms with Crippen LogP contribution in [0.1, 0.15) is 76.9 Å². The van der Waals surface area contributed by atoms with E-state index in [9.17, 15) is 9.90 Å². The third kappa shape index (κ3) is 6.35. The average Bonchev–Trinajstić information content (AvgIpc) is 3.16. The van der Waals surface area contributed by atoms with Gasteiger partial charge in [-0.05, 0) is 50.4 Å². The Kier molecular flexibility index (Phi) is 8.82. The Balaban J connectivity index is 1.64. The first kappa shape index (κ1) is 22.9. The molecule has 2 heterocycles. The van der Waals surface area contributed by atoms with Gasteiger partial charge in [-0.1, -0.05) is 38.7 Å². The van der Waals surface area contributed by atoms with E-state index >= 15 is 0 Å². The van der Waals surface area contributed by atoms with Crippen molar-refractivity contribution in [3.05, 3.63) is 23.8 Å². The van der Waals surface area contributed by atoms with Crippen molar-refractivity contribution < 1.29 is 19.4 Å². The fraction of sp³-hybridized carbons (Fsp3) is 0.708. The molecule has 0 spiro atoms. The van der Waals surface area contributed by atoms with E-state index in [2.05, 4.69) is 24.1 Å². The summed E-state index contributed by atoms with van der Waals surface area (Å²) in [5.41, 5.74) is 0.749. The quantitative estimate of drug-likeness (QED) is 0.535. The molecule has 3 rings (SSSR count). The highest BCUT2D eigenvalue weighted by molar-refractivity contribution is 5.76. The first-order chi connectivity index (χ1) is 14.6. The predicted molar refractivity (Wildman–Crippen MR) is 118 cm³/mol. The molecule has 2 aliphatic rings. The number of fused-ring (bicyclic) bond motifs is 1. The lowest BCUT2D eigenvalue weighted by atomic mass is 10.00. The van der Waals surface area contributed by atoms with Crippen molar-refractivity contribution in [1.29, 1.82) is 0 Å². The molecule has 0 aromatic heterocycles. The van der Waals surface area contributed by atoms with Crippen molar-refractivity contribution in [2.24, 2.45) is 0 Å². The van der Waals surface area contributed by atoms with Crippen LogP contribution in [0.25, 0.3) is 0 Å². The van der Waals surface area contributed by atoms with Crippen LogP contribution in [-0.4, -0.2) is 54.3 Å². The summed E-state index contributed by atoms with van der Waals surface area (Å²) < 4.78 is 11.3. The second-order valence-corrected chi connectivity index (χ2v) is 8.67. The van der Waals surface area contributed by atoms with Crippen molar-refractivity contribution in [1.82, 2.24) is 10.2 Å². The van der Waals surface area contributed by atoms with E-state index in [-0.39, 0.29) is 11.9 Å². The van der Waals surface area contributed by atoms with Crippen LogP contribution in [0.5, 0.6) is 11.5 Å². The van der Waals surface area contributed by atoms with Crippen molar-refractivity contribution in [3.63, 3.8) is 0 Å². The number of nitrogens with one attached hydrogen (secondary N) is 1. The molecule has 1 saturated heterocycles. The fourth-order valence-electron chi connectivity index (χ4n) is 4.39. The van der Waals surface area contributed by atoms with E-state index in [1.54, 1.807) is 0 Å². The number of aliphatic hydroxyl groups excluding tert-OH is 1. The zero-order valence-electron chi connectivity index (χ0n) is 18.6. The smallest absolute Gasteiger partial charge is 0.220 e. The second kappa shape index (κ2) is 11.6. The van der Waals surface area contributed by atoms with Gasteiger partial charge in [-0.15, -0.1) is 0 Å². The number of benzene rings is 1. The first-order valence-electron chi connectivity index (χ1n) is 11.7. The molecule has 3 unspecified atom stereocenters. The number of carbonyl (C=O) groups is 1. The van der Waals surface area contributed by atoms with Gasteiger partial charge in [-0.25, -0.2) is 0 Å². The van der Waals surface area contributed by atoms with E-state index in [0.29, 0.717) is 43.7 Å². The molecule has 30 heavy (non-hydrogen) atoms. The van der Waals surface area contributed by atoms with Crippen LogP contribution in [0.3, 0.4) is 0 Å². The molecule has 1 aromatic rings. The molecule has 0 saturated carbocycles. The molecule has 0 aliphatic carbocycles. The Morgan fingerprint density at radius 3 is 2.70 bits per heavy atom. The summed E-state index contributed by atoms with van der Waals surface area (Å²) in [7, 11) is 0. The molecule has 1 fully saturated rings. The minimum Gasteiger partial charge on any atom is -0.486 e. The number of rotatable bonds is 11. The van der Waals surface area contributed by atoms with Crippen molar-refractivity contribution in [3.8, 4) is 11.5 Å². The Morgan fingerprint density at radius 2 is 1.97 bits per heavy atom. The SMILES string of the molecule is CCCCCCCC(=O)NC(CN1CCCC1C)C(O)c1ccc2c(c1)OCCO2. The first-order valence-corrected chi connectivity index (χ1v) is 11.7. The Hall–Kier alpha value is -1.79. The average molecular weight is 419 g/mol. The molecular weight excluding hydrogens is 380 g/mol. The number of hydrogen-bond donors (Lipinski definition) is 2. The maximum Gasteiger partial charge on any atom is 0.220 e. The number of likely N-dealkylation sites (tertiary alicyclic amines) is 1. The van der Waals surface area contributed by atoms with E-state index in [4.69, 9.17) is 9.47 Å². The summed E-state index contributed by atoms with van der Waals surface area (Å²) in [6.07, 6.45) is 7.64. The lowest BCUT2D eigenvalue weighted by molar-refractivity contribution is -0.123. The maximum atomic E-state index is 12.6. The lowest BCUT2D eigenvalue weighted by Gasteiger charge is -2.31. The maximum absolute atomic E-state index is 12.6. The van der Waals surface area contributed by atoms with Crippen LogP contribution >= 0.6 is 0 Å². The molecule has 168 valence electrons. The number of ether oxygens (including phenoxy) is 2. The van der Waals surface area contributed by atoms with E-state index in [1.807, 2.05) is 18.2 Å². The minimum atomic E-state index is -0.794. The summed E-state index contributed by atoms with van der Waals surface area (Å²) in [5, 5.41) is 14.3. The number of amides is 1. The number of hydrogen-bond acceptors (Lipinski definition) is 5. The molecule has 3 atom stereocenters. The summed E-state index contributed by atoms with van der Waals surface area (Å²) in [4.78, 5) is 15.0. The van der Waals surface area contributed by atoms with Gasteiger partial charge in [-0.2, -0.15) is 0 Å². The van der Waals surface area contributed by atoms with Gasteiger partial charge in [-0.3, -0.25) is 9.69 Å². The molecule has 0 bridgehead atoms. The predicted octanol–water partition coefficient (Wildman–Crippen LogP) is 3.82. The second-order valence-electron chi connectivity index (χ2n) is 8.67. The van der Waals surface area contributed by atoms with Crippen molar-refractivity contribution in [2.75, 3.05) is 26.3 Å². The van der Waals surface area contributed by atoms with Gasteiger partial charge in [0.15, 0.2) is 11.5 Å². The summed E-state index contributed by atoms with van der Waals surface area (Å²) in [6, 6.07) is 5.69. The molecule has 2 aliphatic heterocycles. The van der Waals surface area contributed by atoms with Gasteiger partial charge >= 0.3 is 0 Å². The molecule has 1 aromatic carbocycles. The Labute approximate surface area is 180 Å². The minimum absolute atomic E-state index is 0.0277. The van der Waals surface area contributed by atoms with Gasteiger partial charge < -0.3 is 19.9 Å². The third-order valence-electron chi connectivity index (χ3n) is 6.26. The van der Waals surface area contributed by atoms with Gasteiger partial charge in [0, 0.05) is 19.0 Å². The Bertz CT molecular complexity index is 681. The molecule has 6 nitrogen and oxygen atoms in total. The Morgan fingerprint density at radius 1 is 1.20 bits per heavy atom. The van der Waals surface area contributed by atoms with Crippen LogP contribution in [-0.2, 0) is 4.79 Å². The number of nitrogens with zero attached hydrogens (tertiary/aromatic N) is 1. The zero-order chi connectivity index (χ0) is 21.3. The largest absolute Gasteiger partial charge is 0.486 e. The van der Waals surface area contributed by atoms with Crippen LogP contribution in [0.2, 0.25) is 0 Å². The molecule has 0 radical (unpaired) electrons. The van der Waals surface area contributed by atoms with Crippen LogP contribution in [0, 0.1) is 0 Å².